The summed E-state index contributed by atoms with van der Waals surface area (Å²) in [5, 5.41) is 3.20. The molecule has 0 saturated carbocycles. The molecule has 2 rings (SSSR count). The van der Waals surface area contributed by atoms with Gasteiger partial charge in [-0.1, -0.05) is 25.1 Å². The van der Waals surface area contributed by atoms with Crippen LogP contribution in [0.4, 0.5) is 13.2 Å². The molecule has 2 aromatic rings. The molecule has 0 amide bonds. The lowest BCUT2D eigenvalue weighted by Crippen LogP contribution is -2.11. The maximum Gasteiger partial charge on any atom is 0.161 e. The SMILES string of the molecule is CCNCc1ccc(-c2cc(F)c(F)cc2F)c(C)c1. The predicted octanol–water partition coefficient (Wildman–Crippen LogP) is 4.19. The van der Waals surface area contributed by atoms with Crippen LogP contribution >= 0.6 is 0 Å². The first-order valence-electron chi connectivity index (χ1n) is 6.48. The molecule has 2 aromatic carbocycles. The van der Waals surface area contributed by atoms with Gasteiger partial charge in [0.2, 0.25) is 0 Å². The van der Waals surface area contributed by atoms with Crippen molar-refractivity contribution < 1.29 is 13.2 Å². The van der Waals surface area contributed by atoms with Crippen LogP contribution in [0.3, 0.4) is 0 Å². The van der Waals surface area contributed by atoms with Crippen LogP contribution in [-0.2, 0) is 6.54 Å². The molecular weight excluding hydrogens is 263 g/mol. The molecule has 0 unspecified atom stereocenters. The Morgan fingerprint density at radius 3 is 2.25 bits per heavy atom. The third-order valence-corrected chi connectivity index (χ3v) is 3.17. The monoisotopic (exact) mass is 279 g/mol. The summed E-state index contributed by atoms with van der Waals surface area (Å²) in [6, 6.07) is 6.98. The summed E-state index contributed by atoms with van der Waals surface area (Å²) in [5.74, 6) is -2.98. The van der Waals surface area contributed by atoms with Gasteiger partial charge in [-0.05, 0) is 36.2 Å². The third kappa shape index (κ3) is 3.02. The Kier molecular flexibility index (Phi) is 4.45. The average Bonchev–Trinajstić information content (AvgIpc) is 2.41. The van der Waals surface area contributed by atoms with E-state index >= 15 is 0 Å². The Hall–Kier alpha value is -1.81. The summed E-state index contributed by atoms with van der Waals surface area (Å²) < 4.78 is 40.0. The van der Waals surface area contributed by atoms with Crippen molar-refractivity contribution in [3.05, 3.63) is 58.9 Å². The second-order valence-electron chi connectivity index (χ2n) is 4.68. The van der Waals surface area contributed by atoms with Gasteiger partial charge in [0.1, 0.15) is 5.82 Å². The van der Waals surface area contributed by atoms with Gasteiger partial charge in [-0.15, -0.1) is 0 Å². The maximum atomic E-state index is 13.8. The van der Waals surface area contributed by atoms with Crippen LogP contribution in [0.5, 0.6) is 0 Å². The number of aryl methyl sites for hydroxylation is 1. The van der Waals surface area contributed by atoms with Gasteiger partial charge < -0.3 is 5.32 Å². The van der Waals surface area contributed by atoms with Gasteiger partial charge in [0.05, 0.1) is 0 Å². The van der Waals surface area contributed by atoms with Gasteiger partial charge in [0.15, 0.2) is 11.6 Å². The lowest BCUT2D eigenvalue weighted by atomic mass is 9.97. The minimum Gasteiger partial charge on any atom is -0.313 e. The molecular formula is C16H16F3N. The van der Waals surface area contributed by atoms with Gasteiger partial charge in [-0.25, -0.2) is 13.2 Å². The molecule has 0 fully saturated rings. The Morgan fingerprint density at radius 1 is 0.900 bits per heavy atom. The standard InChI is InChI=1S/C16H16F3N/c1-3-20-9-11-4-5-12(10(2)6-11)13-7-15(18)16(19)8-14(13)17/h4-8,20H,3,9H2,1-2H3. The van der Waals surface area contributed by atoms with Crippen molar-refractivity contribution in [3.63, 3.8) is 0 Å². The van der Waals surface area contributed by atoms with E-state index in [9.17, 15) is 13.2 Å². The minimum atomic E-state index is -1.17. The van der Waals surface area contributed by atoms with Crippen molar-refractivity contribution in [1.29, 1.82) is 0 Å². The van der Waals surface area contributed by atoms with Crippen LogP contribution in [0.1, 0.15) is 18.1 Å². The fourth-order valence-electron chi connectivity index (χ4n) is 2.14. The van der Waals surface area contributed by atoms with Crippen LogP contribution in [0, 0.1) is 24.4 Å². The van der Waals surface area contributed by atoms with Crippen LogP contribution in [0.15, 0.2) is 30.3 Å². The number of hydrogen-bond acceptors (Lipinski definition) is 1. The molecule has 0 aromatic heterocycles. The molecule has 0 spiro atoms. The number of hydrogen-bond donors (Lipinski definition) is 1. The second-order valence-corrected chi connectivity index (χ2v) is 4.68. The highest BCUT2D eigenvalue weighted by atomic mass is 19.2. The Labute approximate surface area is 116 Å². The van der Waals surface area contributed by atoms with Crippen LogP contribution < -0.4 is 5.32 Å². The van der Waals surface area contributed by atoms with E-state index in [1.54, 1.807) is 6.07 Å². The number of halogens is 3. The van der Waals surface area contributed by atoms with Gasteiger partial charge in [-0.2, -0.15) is 0 Å². The number of rotatable bonds is 4. The highest BCUT2D eigenvalue weighted by Crippen LogP contribution is 2.28. The summed E-state index contributed by atoms with van der Waals surface area (Å²) in [4.78, 5) is 0. The van der Waals surface area contributed by atoms with Gasteiger partial charge in [-0.3, -0.25) is 0 Å². The zero-order chi connectivity index (χ0) is 14.7. The number of benzene rings is 2. The normalized spacial score (nSPS) is 10.8. The summed E-state index contributed by atoms with van der Waals surface area (Å²) in [6.45, 7) is 5.42. The Morgan fingerprint density at radius 2 is 1.60 bits per heavy atom. The van der Waals surface area contributed by atoms with Crippen molar-refractivity contribution in [2.24, 2.45) is 0 Å². The summed E-state index contributed by atoms with van der Waals surface area (Å²) in [5.41, 5.74) is 2.54. The first-order valence-corrected chi connectivity index (χ1v) is 6.48. The summed E-state index contributed by atoms with van der Waals surface area (Å²) in [6.07, 6.45) is 0. The molecule has 0 heterocycles. The topological polar surface area (TPSA) is 12.0 Å². The van der Waals surface area contributed by atoms with Crippen molar-refractivity contribution in [2.75, 3.05) is 6.54 Å². The lowest BCUT2D eigenvalue weighted by Gasteiger charge is -2.10. The van der Waals surface area contributed by atoms with Gasteiger partial charge in [0, 0.05) is 18.2 Å². The van der Waals surface area contributed by atoms with E-state index in [-0.39, 0.29) is 5.56 Å². The fourth-order valence-corrected chi connectivity index (χ4v) is 2.14. The average molecular weight is 279 g/mol. The Balaban J connectivity index is 2.41. The van der Waals surface area contributed by atoms with Crippen molar-refractivity contribution in [3.8, 4) is 11.1 Å². The molecule has 20 heavy (non-hydrogen) atoms. The van der Waals surface area contributed by atoms with E-state index in [1.807, 2.05) is 26.0 Å². The quantitative estimate of drug-likeness (QED) is 0.827. The van der Waals surface area contributed by atoms with Crippen molar-refractivity contribution >= 4 is 0 Å². The zero-order valence-electron chi connectivity index (χ0n) is 11.4. The van der Waals surface area contributed by atoms with E-state index < -0.39 is 17.5 Å². The molecule has 0 aliphatic heterocycles. The van der Waals surface area contributed by atoms with E-state index in [4.69, 9.17) is 0 Å². The fraction of sp³-hybridized carbons (Fsp3) is 0.250. The van der Waals surface area contributed by atoms with Crippen LogP contribution in [-0.4, -0.2) is 6.54 Å². The zero-order valence-corrected chi connectivity index (χ0v) is 11.4. The predicted molar refractivity (Wildman–Crippen MR) is 73.9 cm³/mol. The lowest BCUT2D eigenvalue weighted by molar-refractivity contribution is 0.496. The van der Waals surface area contributed by atoms with Gasteiger partial charge in [0.25, 0.3) is 0 Å². The molecule has 106 valence electrons. The molecule has 1 N–H and O–H groups in total. The van der Waals surface area contributed by atoms with E-state index in [0.29, 0.717) is 11.6 Å². The highest BCUT2D eigenvalue weighted by Gasteiger charge is 2.13. The number of nitrogens with one attached hydrogen (secondary N) is 1. The highest BCUT2D eigenvalue weighted by molar-refractivity contribution is 5.68. The van der Waals surface area contributed by atoms with E-state index in [2.05, 4.69) is 5.32 Å². The first kappa shape index (κ1) is 14.6. The molecule has 0 radical (unpaired) electrons. The second kappa shape index (κ2) is 6.09. The molecule has 0 aliphatic carbocycles. The van der Waals surface area contributed by atoms with Crippen LogP contribution in [0.25, 0.3) is 11.1 Å². The van der Waals surface area contributed by atoms with E-state index in [1.165, 1.54) is 0 Å². The Bertz CT molecular complexity index is 623. The summed E-state index contributed by atoms with van der Waals surface area (Å²) in [7, 11) is 0. The largest absolute Gasteiger partial charge is 0.313 e. The van der Waals surface area contributed by atoms with Crippen LogP contribution in [0.2, 0.25) is 0 Å². The van der Waals surface area contributed by atoms with Gasteiger partial charge >= 0.3 is 0 Å². The first-order chi connectivity index (χ1) is 9.52. The third-order valence-electron chi connectivity index (χ3n) is 3.17. The molecule has 0 bridgehead atoms. The summed E-state index contributed by atoms with van der Waals surface area (Å²) >= 11 is 0. The van der Waals surface area contributed by atoms with Crippen molar-refractivity contribution in [1.82, 2.24) is 5.32 Å². The van der Waals surface area contributed by atoms with E-state index in [0.717, 1.165) is 30.3 Å². The van der Waals surface area contributed by atoms with Crippen molar-refractivity contribution in [2.45, 2.75) is 20.4 Å². The maximum absolute atomic E-state index is 13.8. The minimum absolute atomic E-state index is 0.0800. The molecule has 0 atom stereocenters. The molecule has 1 nitrogen and oxygen atoms in total. The smallest absolute Gasteiger partial charge is 0.161 e. The molecule has 4 heteroatoms. The molecule has 0 aliphatic rings. The molecule has 0 saturated heterocycles.